The number of amides is 6. The molecule has 6 aliphatic carbocycles. The first kappa shape index (κ1) is 26.8. The van der Waals surface area contributed by atoms with Crippen molar-refractivity contribution in [2.24, 2.45) is 32.5 Å². The SMILES string of the molecule is C=C1C[C@@]23CC(=C4CC56CC(=C7C[C@]89CC(=C)C[C@@]8(C7)C(=O)N(C)C9=O)CC5(C4)C(=O)N(C)C6=O)C[C@]2(C1)C(=O)N(C)C3=O. The molecule has 9 nitrogen and oxygen atoms in total. The maximum Gasteiger partial charge on any atom is 0.236 e. The molecule has 0 spiro atoms. The van der Waals surface area contributed by atoms with Gasteiger partial charge in [0.05, 0.1) is 32.5 Å². The summed E-state index contributed by atoms with van der Waals surface area (Å²) < 4.78 is 0. The van der Waals surface area contributed by atoms with Gasteiger partial charge in [-0.2, -0.15) is 0 Å². The average Bonchev–Trinajstić information content (AvgIpc) is 3.80. The van der Waals surface area contributed by atoms with Crippen molar-refractivity contribution in [2.45, 2.75) is 77.0 Å². The minimum Gasteiger partial charge on any atom is -0.285 e. The molecule has 3 aliphatic heterocycles. The van der Waals surface area contributed by atoms with E-state index in [1.807, 2.05) is 0 Å². The van der Waals surface area contributed by atoms with Gasteiger partial charge in [0.25, 0.3) is 0 Å². The summed E-state index contributed by atoms with van der Waals surface area (Å²) in [6.45, 7) is 8.32. The lowest BCUT2D eigenvalue weighted by Gasteiger charge is -2.26. The van der Waals surface area contributed by atoms with Crippen LogP contribution in [-0.4, -0.2) is 71.3 Å². The third-order valence-electron chi connectivity index (χ3n) is 14.4. The Bertz CT molecular complexity index is 1550. The van der Waals surface area contributed by atoms with Crippen LogP contribution in [0.1, 0.15) is 77.0 Å². The number of carbonyl (C=O) groups excluding carboxylic acids is 6. The molecule has 44 heavy (non-hydrogen) atoms. The molecule has 3 saturated heterocycles. The molecule has 228 valence electrons. The summed E-state index contributed by atoms with van der Waals surface area (Å²) in [5.74, 6) is -0.812. The Hall–Kier alpha value is -3.62. The Morgan fingerprint density at radius 1 is 0.364 bits per heavy atom. The average molecular weight is 596 g/mol. The number of nitrogens with zero attached hydrogens (tertiary/aromatic N) is 3. The Morgan fingerprint density at radius 3 is 0.705 bits per heavy atom. The zero-order chi connectivity index (χ0) is 31.1. The van der Waals surface area contributed by atoms with E-state index < -0.39 is 32.5 Å². The van der Waals surface area contributed by atoms with Gasteiger partial charge in [-0.15, -0.1) is 0 Å². The second kappa shape index (κ2) is 7.26. The highest BCUT2D eigenvalue weighted by atomic mass is 16.2. The molecule has 4 atom stereocenters. The van der Waals surface area contributed by atoms with Crippen molar-refractivity contribution < 1.29 is 28.8 Å². The van der Waals surface area contributed by atoms with Gasteiger partial charge < -0.3 is 0 Å². The zero-order valence-electron chi connectivity index (χ0n) is 25.7. The molecule has 9 rings (SSSR count). The second-order valence-electron chi connectivity index (χ2n) is 16.0. The first-order valence-corrected chi connectivity index (χ1v) is 15.9. The lowest BCUT2D eigenvalue weighted by Crippen LogP contribution is -2.35. The number of likely N-dealkylation sites (tertiary alicyclic amines) is 3. The van der Waals surface area contributed by atoms with E-state index in [1.165, 1.54) is 14.7 Å². The van der Waals surface area contributed by atoms with Crippen molar-refractivity contribution in [3.05, 3.63) is 46.6 Å². The van der Waals surface area contributed by atoms with Crippen molar-refractivity contribution in [2.75, 3.05) is 21.1 Å². The van der Waals surface area contributed by atoms with Crippen LogP contribution in [0.2, 0.25) is 0 Å². The van der Waals surface area contributed by atoms with Crippen LogP contribution in [0.15, 0.2) is 46.6 Å². The van der Waals surface area contributed by atoms with E-state index in [2.05, 4.69) is 13.2 Å². The van der Waals surface area contributed by atoms with Crippen molar-refractivity contribution >= 4 is 35.4 Å². The van der Waals surface area contributed by atoms with Gasteiger partial charge >= 0.3 is 0 Å². The molecule has 9 heteroatoms. The first-order valence-electron chi connectivity index (χ1n) is 15.9. The summed E-state index contributed by atoms with van der Waals surface area (Å²) in [5, 5.41) is 0. The molecule has 0 aromatic rings. The van der Waals surface area contributed by atoms with Gasteiger partial charge in [0, 0.05) is 21.1 Å². The van der Waals surface area contributed by atoms with Crippen LogP contribution in [0.4, 0.5) is 0 Å². The third kappa shape index (κ3) is 2.34. The Balaban J connectivity index is 1.12. The van der Waals surface area contributed by atoms with Gasteiger partial charge in [0.1, 0.15) is 0 Å². The number of rotatable bonds is 0. The van der Waals surface area contributed by atoms with Crippen molar-refractivity contribution in [3.63, 3.8) is 0 Å². The number of carbonyl (C=O) groups is 6. The first-order chi connectivity index (χ1) is 20.6. The molecule has 0 radical (unpaired) electrons. The number of imide groups is 3. The predicted octanol–water partition coefficient (Wildman–Crippen LogP) is 3.37. The highest BCUT2D eigenvalue weighted by Crippen LogP contribution is 2.77. The quantitative estimate of drug-likeness (QED) is 0.314. The van der Waals surface area contributed by atoms with Crippen LogP contribution in [0, 0.1) is 32.5 Å². The molecule has 6 saturated carbocycles. The summed E-state index contributed by atoms with van der Waals surface area (Å²) in [6.07, 6.45) is 5.79. The molecule has 0 aromatic carbocycles. The van der Waals surface area contributed by atoms with E-state index in [9.17, 15) is 28.8 Å². The van der Waals surface area contributed by atoms with Gasteiger partial charge in [-0.3, -0.25) is 43.5 Å². The van der Waals surface area contributed by atoms with E-state index in [1.54, 1.807) is 21.1 Å². The summed E-state index contributed by atoms with van der Waals surface area (Å²) in [4.78, 5) is 86.3. The molecule has 0 bridgehead atoms. The summed E-state index contributed by atoms with van der Waals surface area (Å²) in [5.41, 5.74) is 1.20. The van der Waals surface area contributed by atoms with Crippen molar-refractivity contribution in [1.29, 1.82) is 0 Å². The Kier molecular flexibility index (Phi) is 4.42. The molecule has 0 unspecified atom stereocenters. The van der Waals surface area contributed by atoms with Crippen LogP contribution in [0.25, 0.3) is 0 Å². The van der Waals surface area contributed by atoms with Crippen LogP contribution < -0.4 is 0 Å². The predicted molar refractivity (Wildman–Crippen MR) is 156 cm³/mol. The van der Waals surface area contributed by atoms with Crippen LogP contribution in [0.3, 0.4) is 0 Å². The van der Waals surface area contributed by atoms with E-state index >= 15 is 0 Å². The molecule has 9 fully saturated rings. The molecule has 9 aliphatic rings. The summed E-state index contributed by atoms with van der Waals surface area (Å²) in [7, 11) is 4.74. The molecule has 0 aromatic heterocycles. The topological polar surface area (TPSA) is 112 Å². The zero-order valence-corrected chi connectivity index (χ0v) is 25.7. The lowest BCUT2D eigenvalue weighted by molar-refractivity contribution is -0.142. The van der Waals surface area contributed by atoms with E-state index in [4.69, 9.17) is 0 Å². The molecular weight excluding hydrogens is 558 g/mol. The fourth-order valence-electron chi connectivity index (χ4n) is 12.7. The summed E-state index contributed by atoms with van der Waals surface area (Å²) in [6, 6.07) is 0. The Labute approximate surface area is 256 Å². The van der Waals surface area contributed by atoms with Crippen LogP contribution >= 0.6 is 0 Å². The van der Waals surface area contributed by atoms with Crippen molar-refractivity contribution in [3.8, 4) is 0 Å². The smallest absolute Gasteiger partial charge is 0.236 e. The minimum atomic E-state index is -0.906. The molecule has 0 N–H and O–H groups in total. The van der Waals surface area contributed by atoms with E-state index in [0.29, 0.717) is 77.0 Å². The second-order valence-corrected chi connectivity index (χ2v) is 16.0. The molecule has 3 heterocycles. The standard InChI is InChI=1S/C35H37N3O6/c1-18-6-30-10-20(11-31(30,7-18)25(40)36(3)24(30)39)22-14-34-16-23(17-35(34,15-22)29(44)38(5)28(34)43)21-12-32-8-19(2)9-33(32,13-21)27(42)37(4)26(32)41/h1-2,6-17H2,3-5H3/t30-,31+,32-,33+,34?,35?. The Morgan fingerprint density at radius 2 is 0.523 bits per heavy atom. The lowest BCUT2D eigenvalue weighted by atomic mass is 9.70. The number of allylic oxidation sites excluding steroid dienone is 6. The van der Waals surface area contributed by atoms with Crippen molar-refractivity contribution in [1.82, 2.24) is 14.7 Å². The minimum absolute atomic E-state index is 0.126. The highest BCUT2D eigenvalue weighted by molar-refractivity contribution is 6.14. The van der Waals surface area contributed by atoms with Crippen LogP contribution in [0.5, 0.6) is 0 Å². The fraction of sp³-hybridized carbons (Fsp3) is 0.600. The van der Waals surface area contributed by atoms with Gasteiger partial charge in [-0.1, -0.05) is 46.6 Å². The van der Waals surface area contributed by atoms with Crippen LogP contribution in [-0.2, 0) is 28.8 Å². The number of hydrogen-bond donors (Lipinski definition) is 0. The maximum atomic E-state index is 14.1. The monoisotopic (exact) mass is 595 g/mol. The largest absolute Gasteiger partial charge is 0.285 e. The van der Waals surface area contributed by atoms with Gasteiger partial charge in [0.2, 0.25) is 35.4 Å². The normalized spacial score (nSPS) is 45.6. The summed E-state index contributed by atoms with van der Waals surface area (Å²) >= 11 is 0. The van der Waals surface area contributed by atoms with E-state index in [0.717, 1.165) is 33.4 Å². The van der Waals surface area contributed by atoms with E-state index in [-0.39, 0.29) is 35.4 Å². The maximum absolute atomic E-state index is 14.1. The number of hydrogen-bond acceptors (Lipinski definition) is 6. The molecular formula is C35H37N3O6. The van der Waals surface area contributed by atoms with Gasteiger partial charge in [-0.25, -0.2) is 0 Å². The van der Waals surface area contributed by atoms with Gasteiger partial charge in [0.15, 0.2) is 0 Å². The highest BCUT2D eigenvalue weighted by Gasteiger charge is 2.79. The third-order valence-corrected chi connectivity index (χ3v) is 14.4. The fourth-order valence-corrected chi connectivity index (χ4v) is 12.7. The van der Waals surface area contributed by atoms with Gasteiger partial charge in [-0.05, 0) is 77.0 Å². The molecule has 6 amide bonds.